The van der Waals surface area contributed by atoms with Crippen molar-refractivity contribution in [3.05, 3.63) is 60.7 Å². The van der Waals surface area contributed by atoms with E-state index in [0.717, 1.165) is 0 Å². The van der Waals surface area contributed by atoms with Gasteiger partial charge in [0, 0.05) is 17.1 Å². The fourth-order valence-corrected chi connectivity index (χ4v) is 2.36. The third-order valence-electron chi connectivity index (χ3n) is 2.05. The van der Waals surface area contributed by atoms with Gasteiger partial charge in [-0.2, -0.15) is 0 Å². The molecule has 2 aromatic rings. The number of benzene rings is 2. The average Bonchev–Trinajstić information content (AvgIpc) is 2.31. The van der Waals surface area contributed by atoms with Crippen molar-refractivity contribution in [1.82, 2.24) is 0 Å². The molecule has 0 bridgehead atoms. The first-order valence-corrected chi connectivity index (χ1v) is 6.39. The second kappa shape index (κ2) is 6.04. The third-order valence-corrected chi connectivity index (χ3v) is 3.46. The van der Waals surface area contributed by atoms with Crippen molar-refractivity contribution in [2.45, 2.75) is 0 Å². The van der Waals surface area contributed by atoms with Gasteiger partial charge in [-0.25, -0.2) is 4.57 Å². The molecule has 0 aliphatic rings. The molecule has 2 aromatic carbocycles. The molecular weight excluding hydrogens is 287 g/mol. The molecule has 0 saturated carbocycles. The second-order valence-electron chi connectivity index (χ2n) is 3.26. The van der Waals surface area contributed by atoms with E-state index < -0.39 is 7.60 Å². The Kier molecular flexibility index (Phi) is 4.98. The summed E-state index contributed by atoms with van der Waals surface area (Å²) in [7, 11) is -3.77. The van der Waals surface area contributed by atoms with E-state index in [1.54, 1.807) is 54.6 Å². The van der Waals surface area contributed by atoms with Crippen LogP contribution in [0.4, 0.5) is 0 Å². The van der Waals surface area contributed by atoms with Gasteiger partial charge in [0.1, 0.15) is 5.75 Å². The summed E-state index contributed by atoms with van der Waals surface area (Å²) in [6.45, 7) is 0. The van der Waals surface area contributed by atoms with Crippen molar-refractivity contribution in [2.75, 3.05) is 0 Å². The van der Waals surface area contributed by atoms with Gasteiger partial charge in [-0.3, -0.25) is 0 Å². The summed E-state index contributed by atoms with van der Waals surface area (Å²) >= 11 is 0. The zero-order chi connectivity index (χ0) is 11.4. The van der Waals surface area contributed by atoms with Crippen molar-refractivity contribution >= 4 is 12.9 Å². The Morgan fingerprint density at radius 3 is 1.88 bits per heavy atom. The Morgan fingerprint density at radius 1 is 0.882 bits per heavy atom. The Morgan fingerprint density at radius 2 is 1.35 bits per heavy atom. The van der Waals surface area contributed by atoms with Crippen LogP contribution in [0.15, 0.2) is 60.7 Å². The standard InChI is InChI=1S/C12H11O3P.Cu/c13-16(14,12-9-5-2-6-10-12)15-11-7-3-1-4-8-11;/h1-10H,(H,13,14);. The van der Waals surface area contributed by atoms with E-state index in [1.807, 2.05) is 6.07 Å². The predicted molar refractivity (Wildman–Crippen MR) is 63.0 cm³/mol. The summed E-state index contributed by atoms with van der Waals surface area (Å²) in [4.78, 5) is 9.77. The van der Waals surface area contributed by atoms with Crippen LogP contribution < -0.4 is 9.83 Å². The zero-order valence-electron chi connectivity index (χ0n) is 8.79. The maximum atomic E-state index is 11.9. The minimum absolute atomic E-state index is 0. The van der Waals surface area contributed by atoms with Crippen LogP contribution in [0.5, 0.6) is 5.75 Å². The van der Waals surface area contributed by atoms with Crippen LogP contribution in [0.2, 0.25) is 0 Å². The Balaban J connectivity index is 0.00000144. The number of hydrogen-bond donors (Lipinski definition) is 1. The molecule has 1 unspecified atom stereocenters. The quantitative estimate of drug-likeness (QED) is 0.700. The van der Waals surface area contributed by atoms with Crippen LogP contribution in [0.1, 0.15) is 0 Å². The van der Waals surface area contributed by atoms with Gasteiger partial charge in [-0.05, 0) is 24.3 Å². The van der Waals surface area contributed by atoms with Crippen molar-refractivity contribution in [2.24, 2.45) is 0 Å². The zero-order valence-corrected chi connectivity index (χ0v) is 10.6. The van der Waals surface area contributed by atoms with Crippen LogP contribution in [0.25, 0.3) is 0 Å². The molecule has 17 heavy (non-hydrogen) atoms. The molecule has 0 spiro atoms. The summed E-state index contributed by atoms with van der Waals surface area (Å²) < 4.78 is 17.0. The molecule has 1 N–H and O–H groups in total. The SMILES string of the molecule is O=P(O)(Oc1ccccc1)c1ccccc1.[Cu]. The van der Waals surface area contributed by atoms with Gasteiger partial charge in [0.05, 0.1) is 5.30 Å². The van der Waals surface area contributed by atoms with Gasteiger partial charge in [0.2, 0.25) is 0 Å². The molecule has 3 nitrogen and oxygen atoms in total. The van der Waals surface area contributed by atoms with Crippen LogP contribution in [0, 0.1) is 0 Å². The topological polar surface area (TPSA) is 46.5 Å². The summed E-state index contributed by atoms with van der Waals surface area (Å²) in [5.41, 5.74) is 0. The summed E-state index contributed by atoms with van der Waals surface area (Å²) in [6.07, 6.45) is 0. The van der Waals surface area contributed by atoms with Crippen LogP contribution in [-0.2, 0) is 21.6 Å². The van der Waals surface area contributed by atoms with Crippen molar-refractivity contribution in [3.8, 4) is 5.75 Å². The molecule has 0 aliphatic carbocycles. The Bertz CT molecular complexity index is 502. The summed E-state index contributed by atoms with van der Waals surface area (Å²) in [6, 6.07) is 16.9. The fourth-order valence-electron chi connectivity index (χ4n) is 1.29. The molecule has 0 aromatic heterocycles. The minimum Gasteiger partial charge on any atom is -0.421 e. The van der Waals surface area contributed by atoms with Gasteiger partial charge < -0.3 is 9.42 Å². The first-order chi connectivity index (χ1) is 7.68. The molecule has 0 amide bonds. The van der Waals surface area contributed by atoms with Crippen molar-refractivity contribution in [1.29, 1.82) is 0 Å². The van der Waals surface area contributed by atoms with E-state index in [2.05, 4.69) is 0 Å². The van der Waals surface area contributed by atoms with E-state index >= 15 is 0 Å². The van der Waals surface area contributed by atoms with Crippen LogP contribution >= 0.6 is 7.60 Å². The molecule has 2 rings (SSSR count). The minimum atomic E-state index is -3.77. The molecule has 1 radical (unpaired) electrons. The van der Waals surface area contributed by atoms with Gasteiger partial charge in [-0.1, -0.05) is 36.4 Å². The van der Waals surface area contributed by atoms with E-state index in [4.69, 9.17) is 4.52 Å². The monoisotopic (exact) mass is 297 g/mol. The average molecular weight is 298 g/mol. The summed E-state index contributed by atoms with van der Waals surface area (Å²) in [5, 5.41) is 0.291. The molecular formula is C12H11CuO3P. The van der Waals surface area contributed by atoms with Gasteiger partial charge in [-0.15, -0.1) is 0 Å². The van der Waals surface area contributed by atoms with E-state index in [9.17, 15) is 9.46 Å². The van der Waals surface area contributed by atoms with Gasteiger partial charge in [0.25, 0.3) is 0 Å². The first kappa shape index (κ1) is 14.0. The van der Waals surface area contributed by atoms with Gasteiger partial charge in [0.15, 0.2) is 0 Å². The number of hydrogen-bond acceptors (Lipinski definition) is 2. The molecule has 93 valence electrons. The van der Waals surface area contributed by atoms with Crippen LogP contribution in [0.3, 0.4) is 0 Å². The maximum absolute atomic E-state index is 11.9. The Labute approximate surface area is 110 Å². The normalized spacial score (nSPS) is 13.2. The predicted octanol–water partition coefficient (Wildman–Crippen LogP) is 2.57. The largest absolute Gasteiger partial charge is 0.421 e. The smallest absolute Gasteiger partial charge is 0.408 e. The molecule has 1 atom stereocenters. The van der Waals surface area contributed by atoms with Gasteiger partial charge >= 0.3 is 7.60 Å². The maximum Gasteiger partial charge on any atom is 0.408 e. The van der Waals surface area contributed by atoms with Crippen molar-refractivity contribution < 1.29 is 31.1 Å². The number of para-hydroxylation sites is 1. The second-order valence-corrected chi connectivity index (χ2v) is 5.00. The molecule has 0 saturated heterocycles. The molecule has 0 fully saturated rings. The van der Waals surface area contributed by atoms with E-state index in [-0.39, 0.29) is 17.1 Å². The number of rotatable bonds is 3. The van der Waals surface area contributed by atoms with E-state index in [1.165, 1.54) is 0 Å². The molecule has 0 aliphatic heterocycles. The molecule has 0 heterocycles. The molecule has 5 heteroatoms. The fraction of sp³-hybridized carbons (Fsp3) is 0. The Hall–Kier alpha value is -1.05. The van der Waals surface area contributed by atoms with E-state index in [0.29, 0.717) is 11.1 Å². The third kappa shape index (κ3) is 3.72. The van der Waals surface area contributed by atoms with Crippen LogP contribution in [-0.4, -0.2) is 4.89 Å². The van der Waals surface area contributed by atoms with Crippen molar-refractivity contribution in [3.63, 3.8) is 0 Å². The first-order valence-electron chi connectivity index (χ1n) is 4.81. The summed E-state index contributed by atoms with van der Waals surface area (Å²) in [5.74, 6) is 0.386.